The van der Waals surface area contributed by atoms with Crippen molar-refractivity contribution in [3.8, 4) is 22.9 Å². The normalized spacial score (nSPS) is 13.0. The highest BCUT2D eigenvalue weighted by Crippen LogP contribution is 2.32. The summed E-state index contributed by atoms with van der Waals surface area (Å²) in [5.74, 6) is 0.620. The van der Waals surface area contributed by atoms with Crippen LogP contribution in [-0.4, -0.2) is 31.4 Å². The molecule has 0 aliphatic heterocycles. The van der Waals surface area contributed by atoms with Crippen molar-refractivity contribution in [1.29, 1.82) is 0 Å². The lowest BCUT2D eigenvalue weighted by Gasteiger charge is -2.23. The smallest absolute Gasteiger partial charge is 0.416 e. The van der Waals surface area contributed by atoms with Gasteiger partial charge in [0.1, 0.15) is 11.5 Å². The number of ether oxygens (including phenoxy) is 2. The molecular formula is C23H24F3N3O4. The Morgan fingerprint density at radius 1 is 1.12 bits per heavy atom. The van der Waals surface area contributed by atoms with Crippen molar-refractivity contribution >= 4 is 5.97 Å². The predicted octanol–water partition coefficient (Wildman–Crippen LogP) is 5.19. The number of hydrogen-bond acceptors (Lipinski definition) is 5. The maximum Gasteiger partial charge on any atom is 0.416 e. The Kier molecular flexibility index (Phi) is 6.40. The number of alkyl halides is 3. The zero-order chi connectivity index (χ0) is 24.6. The molecule has 0 saturated heterocycles. The van der Waals surface area contributed by atoms with Crippen molar-refractivity contribution in [2.75, 3.05) is 0 Å². The van der Waals surface area contributed by atoms with E-state index in [1.54, 1.807) is 39.1 Å². The second kappa shape index (κ2) is 8.76. The van der Waals surface area contributed by atoms with Crippen LogP contribution in [0.5, 0.6) is 11.5 Å². The predicted molar refractivity (Wildman–Crippen MR) is 114 cm³/mol. The van der Waals surface area contributed by atoms with E-state index >= 15 is 0 Å². The van der Waals surface area contributed by atoms with Gasteiger partial charge in [-0.15, -0.1) is 0 Å². The number of carboxylic acids is 1. The van der Waals surface area contributed by atoms with Gasteiger partial charge in [0.25, 0.3) is 0 Å². The van der Waals surface area contributed by atoms with Crippen LogP contribution in [0.2, 0.25) is 0 Å². The SMILES string of the molecule is Cc1cc(OC(C)c2nc(-c3ccc(C(F)(F)F)cc3)nn2C)ccc1OC(C)(C)C(=O)O. The molecule has 1 unspecified atom stereocenters. The Morgan fingerprint density at radius 3 is 2.30 bits per heavy atom. The molecule has 3 rings (SSSR count). The minimum absolute atomic E-state index is 0.285. The first-order valence-corrected chi connectivity index (χ1v) is 10.1. The molecule has 0 radical (unpaired) electrons. The average molecular weight is 463 g/mol. The fraction of sp³-hybridized carbons (Fsp3) is 0.348. The molecule has 0 bridgehead atoms. The van der Waals surface area contributed by atoms with E-state index in [-0.39, 0.29) is 5.82 Å². The largest absolute Gasteiger partial charge is 0.483 e. The van der Waals surface area contributed by atoms with E-state index in [0.717, 1.165) is 12.1 Å². The molecule has 1 N–H and O–H groups in total. The van der Waals surface area contributed by atoms with E-state index < -0.39 is 29.4 Å². The van der Waals surface area contributed by atoms with Gasteiger partial charge >= 0.3 is 12.1 Å². The van der Waals surface area contributed by atoms with Gasteiger partial charge in [0.2, 0.25) is 0 Å². The molecule has 1 aromatic heterocycles. The van der Waals surface area contributed by atoms with Gasteiger partial charge in [-0.2, -0.15) is 18.3 Å². The zero-order valence-electron chi connectivity index (χ0n) is 18.8. The number of carbonyl (C=O) groups is 1. The van der Waals surface area contributed by atoms with E-state index in [1.807, 2.05) is 0 Å². The van der Waals surface area contributed by atoms with E-state index in [4.69, 9.17) is 9.47 Å². The van der Waals surface area contributed by atoms with Gasteiger partial charge in [-0.25, -0.2) is 14.5 Å². The number of aryl methyl sites for hydroxylation is 2. The van der Waals surface area contributed by atoms with Crippen LogP contribution in [-0.2, 0) is 18.0 Å². The molecule has 2 aromatic carbocycles. The number of aromatic nitrogens is 3. The third-order valence-electron chi connectivity index (χ3n) is 4.97. The van der Waals surface area contributed by atoms with Gasteiger partial charge in [-0.3, -0.25) is 0 Å². The number of carboxylic acid groups (broad SMARTS) is 1. The maximum absolute atomic E-state index is 12.8. The Balaban J connectivity index is 1.76. The summed E-state index contributed by atoms with van der Waals surface area (Å²) in [6.45, 7) is 6.47. The van der Waals surface area contributed by atoms with E-state index in [0.29, 0.717) is 28.5 Å². The molecule has 1 atom stereocenters. The summed E-state index contributed by atoms with van der Waals surface area (Å²) in [5, 5.41) is 13.5. The number of hydrogen-bond donors (Lipinski definition) is 1. The van der Waals surface area contributed by atoms with Gasteiger partial charge in [0, 0.05) is 12.6 Å². The monoisotopic (exact) mass is 463 g/mol. The van der Waals surface area contributed by atoms with Crippen molar-refractivity contribution in [2.24, 2.45) is 7.05 Å². The quantitative estimate of drug-likeness (QED) is 0.519. The van der Waals surface area contributed by atoms with Crippen LogP contribution in [0.4, 0.5) is 13.2 Å². The highest BCUT2D eigenvalue weighted by Gasteiger charge is 2.31. The van der Waals surface area contributed by atoms with Crippen molar-refractivity contribution < 1.29 is 32.5 Å². The molecule has 3 aromatic rings. The molecule has 0 amide bonds. The lowest BCUT2D eigenvalue weighted by Crippen LogP contribution is -2.38. The fourth-order valence-electron chi connectivity index (χ4n) is 3.07. The summed E-state index contributed by atoms with van der Waals surface area (Å²) in [7, 11) is 1.67. The average Bonchev–Trinajstić information content (AvgIpc) is 3.11. The molecule has 0 aliphatic carbocycles. The Morgan fingerprint density at radius 2 is 1.76 bits per heavy atom. The van der Waals surface area contributed by atoms with Crippen LogP contribution in [0.25, 0.3) is 11.4 Å². The molecule has 10 heteroatoms. The van der Waals surface area contributed by atoms with Gasteiger partial charge in [-0.05, 0) is 63.6 Å². The van der Waals surface area contributed by atoms with Crippen molar-refractivity contribution in [1.82, 2.24) is 14.8 Å². The van der Waals surface area contributed by atoms with Crippen molar-refractivity contribution in [3.63, 3.8) is 0 Å². The van der Waals surface area contributed by atoms with Crippen LogP contribution < -0.4 is 9.47 Å². The molecule has 0 fully saturated rings. The topological polar surface area (TPSA) is 86.5 Å². The molecule has 0 spiro atoms. The summed E-state index contributed by atoms with van der Waals surface area (Å²) in [4.78, 5) is 15.7. The summed E-state index contributed by atoms with van der Waals surface area (Å²) in [5.41, 5.74) is -0.977. The fourth-order valence-corrected chi connectivity index (χ4v) is 3.07. The second-order valence-corrected chi connectivity index (χ2v) is 8.10. The van der Waals surface area contributed by atoms with Crippen LogP contribution >= 0.6 is 0 Å². The highest BCUT2D eigenvalue weighted by atomic mass is 19.4. The Labute approximate surface area is 188 Å². The first kappa shape index (κ1) is 24.1. The van der Waals surface area contributed by atoms with E-state index in [2.05, 4.69) is 10.1 Å². The molecule has 1 heterocycles. The van der Waals surface area contributed by atoms with Crippen LogP contribution in [0, 0.1) is 6.92 Å². The first-order chi connectivity index (χ1) is 15.3. The van der Waals surface area contributed by atoms with E-state index in [9.17, 15) is 23.1 Å². The second-order valence-electron chi connectivity index (χ2n) is 8.10. The summed E-state index contributed by atoms with van der Waals surface area (Å²) >= 11 is 0. The molecule has 0 saturated carbocycles. The van der Waals surface area contributed by atoms with Crippen LogP contribution in [0.3, 0.4) is 0 Å². The molecule has 176 valence electrons. The number of aliphatic carboxylic acids is 1. The first-order valence-electron chi connectivity index (χ1n) is 10.1. The minimum atomic E-state index is -4.41. The number of benzene rings is 2. The van der Waals surface area contributed by atoms with E-state index in [1.165, 1.54) is 30.7 Å². The Bertz CT molecular complexity index is 1150. The lowest BCUT2D eigenvalue weighted by atomic mass is 10.1. The maximum atomic E-state index is 12.8. The molecule has 7 nitrogen and oxygen atoms in total. The van der Waals surface area contributed by atoms with Crippen molar-refractivity contribution in [3.05, 3.63) is 59.4 Å². The summed E-state index contributed by atoms with van der Waals surface area (Å²) in [6.07, 6.45) is -4.93. The number of rotatable bonds is 7. The van der Waals surface area contributed by atoms with Gasteiger partial charge in [-0.1, -0.05) is 12.1 Å². The zero-order valence-corrected chi connectivity index (χ0v) is 18.8. The van der Waals surface area contributed by atoms with Gasteiger partial charge in [0.05, 0.1) is 5.56 Å². The highest BCUT2D eigenvalue weighted by molar-refractivity contribution is 5.76. The number of nitrogens with zero attached hydrogens (tertiary/aromatic N) is 3. The van der Waals surface area contributed by atoms with Gasteiger partial charge < -0.3 is 14.6 Å². The summed E-state index contributed by atoms with van der Waals surface area (Å²) in [6, 6.07) is 9.64. The van der Waals surface area contributed by atoms with Gasteiger partial charge in [0.15, 0.2) is 23.4 Å². The standard InChI is InChI=1S/C23H24F3N3O4/c1-13-12-17(10-11-18(13)33-22(3,4)21(30)31)32-14(2)20-27-19(28-29(20)5)15-6-8-16(9-7-15)23(24,25)26/h6-12,14H,1-5H3,(H,30,31). The lowest BCUT2D eigenvalue weighted by molar-refractivity contribution is -0.152. The van der Waals surface area contributed by atoms with Crippen LogP contribution in [0.1, 0.15) is 43.8 Å². The third-order valence-corrected chi connectivity index (χ3v) is 4.97. The number of halogens is 3. The van der Waals surface area contributed by atoms with Crippen molar-refractivity contribution in [2.45, 2.75) is 45.6 Å². The molecule has 33 heavy (non-hydrogen) atoms. The molecular weight excluding hydrogens is 439 g/mol. The Hall–Kier alpha value is -3.56. The minimum Gasteiger partial charge on any atom is -0.483 e. The van der Waals surface area contributed by atoms with Crippen LogP contribution in [0.15, 0.2) is 42.5 Å². The molecule has 0 aliphatic rings. The summed E-state index contributed by atoms with van der Waals surface area (Å²) < 4.78 is 51.4. The third kappa shape index (κ3) is 5.44.